The van der Waals surface area contributed by atoms with Crippen molar-refractivity contribution in [3.8, 4) is 11.5 Å². The van der Waals surface area contributed by atoms with Crippen LogP contribution in [-0.4, -0.2) is 33.0 Å². The Morgan fingerprint density at radius 2 is 1.90 bits per heavy atom. The predicted octanol–water partition coefficient (Wildman–Crippen LogP) is 2.75. The molecule has 0 unspecified atom stereocenters. The van der Waals surface area contributed by atoms with Crippen LogP contribution in [-0.2, 0) is 11.3 Å². The summed E-state index contributed by atoms with van der Waals surface area (Å²) in [5.41, 5.74) is 1.53. The van der Waals surface area contributed by atoms with Gasteiger partial charge in [-0.05, 0) is 24.3 Å². The van der Waals surface area contributed by atoms with Crippen LogP contribution < -0.4 is 14.8 Å². The molecule has 1 aromatic rings. The van der Waals surface area contributed by atoms with Gasteiger partial charge >= 0.3 is 0 Å². The number of ether oxygens (including phenoxy) is 3. The fourth-order valence-electron chi connectivity index (χ4n) is 2.93. The van der Waals surface area contributed by atoms with E-state index in [9.17, 15) is 0 Å². The van der Waals surface area contributed by atoms with E-state index in [0.717, 1.165) is 70.3 Å². The molecule has 116 valence electrons. The minimum absolute atomic E-state index is 0.349. The Morgan fingerprint density at radius 1 is 1.10 bits per heavy atom. The lowest BCUT2D eigenvalue weighted by Crippen LogP contribution is -2.36. The highest BCUT2D eigenvalue weighted by molar-refractivity contribution is 5.47. The van der Waals surface area contributed by atoms with E-state index in [-0.39, 0.29) is 0 Å². The highest BCUT2D eigenvalue weighted by Crippen LogP contribution is 2.33. The first-order valence-electron chi connectivity index (χ1n) is 7.93. The summed E-state index contributed by atoms with van der Waals surface area (Å²) in [5, 5.41) is 3.59. The lowest BCUT2D eigenvalue weighted by atomic mass is 9.82. The number of rotatable bonds is 4. The van der Waals surface area contributed by atoms with Crippen LogP contribution in [0.25, 0.3) is 0 Å². The van der Waals surface area contributed by atoms with Gasteiger partial charge in [0.15, 0.2) is 11.5 Å². The molecule has 1 saturated heterocycles. The number of para-hydroxylation sites is 1. The van der Waals surface area contributed by atoms with Gasteiger partial charge in [0.25, 0.3) is 0 Å². The van der Waals surface area contributed by atoms with Crippen molar-refractivity contribution in [2.75, 3.05) is 33.0 Å². The first kappa shape index (κ1) is 14.7. The first-order chi connectivity index (χ1) is 10.3. The van der Waals surface area contributed by atoms with Crippen molar-refractivity contribution in [2.24, 2.45) is 5.41 Å². The first-order valence-corrected chi connectivity index (χ1v) is 7.93. The van der Waals surface area contributed by atoms with Crippen LogP contribution >= 0.6 is 0 Å². The number of benzene rings is 1. The summed E-state index contributed by atoms with van der Waals surface area (Å²) in [6.45, 7) is 7.42. The summed E-state index contributed by atoms with van der Waals surface area (Å²) in [4.78, 5) is 0. The molecule has 0 amide bonds. The summed E-state index contributed by atoms with van der Waals surface area (Å²) >= 11 is 0. The second-order valence-electron chi connectivity index (χ2n) is 6.32. The van der Waals surface area contributed by atoms with Gasteiger partial charge in [-0.1, -0.05) is 19.1 Å². The van der Waals surface area contributed by atoms with Gasteiger partial charge in [0.2, 0.25) is 0 Å². The molecule has 3 rings (SSSR count). The Hall–Kier alpha value is -1.26. The highest BCUT2D eigenvalue weighted by Gasteiger charge is 2.27. The molecule has 2 heterocycles. The van der Waals surface area contributed by atoms with Gasteiger partial charge in [-0.15, -0.1) is 0 Å². The lowest BCUT2D eigenvalue weighted by molar-refractivity contribution is 0.0240. The number of fused-ring (bicyclic) bond motifs is 1. The second-order valence-corrected chi connectivity index (χ2v) is 6.32. The molecular formula is C17H25NO3. The average molecular weight is 291 g/mol. The third-order valence-electron chi connectivity index (χ3n) is 4.42. The summed E-state index contributed by atoms with van der Waals surface area (Å²) in [6.07, 6.45) is 3.21. The quantitative estimate of drug-likeness (QED) is 0.926. The molecule has 0 spiro atoms. The molecule has 0 bridgehead atoms. The normalized spacial score (nSPS) is 20.8. The van der Waals surface area contributed by atoms with Crippen LogP contribution in [0, 0.1) is 5.41 Å². The Bertz CT molecular complexity index is 469. The van der Waals surface area contributed by atoms with Gasteiger partial charge in [-0.25, -0.2) is 0 Å². The Labute approximate surface area is 126 Å². The zero-order chi connectivity index (χ0) is 14.5. The highest BCUT2D eigenvalue weighted by atomic mass is 16.5. The lowest BCUT2D eigenvalue weighted by Gasteiger charge is -2.33. The summed E-state index contributed by atoms with van der Waals surface area (Å²) < 4.78 is 17.1. The van der Waals surface area contributed by atoms with Crippen LogP contribution in [0.3, 0.4) is 0 Å². The molecule has 1 fully saturated rings. The molecule has 1 N–H and O–H groups in total. The number of hydrogen-bond donors (Lipinski definition) is 1. The topological polar surface area (TPSA) is 39.7 Å². The van der Waals surface area contributed by atoms with E-state index in [1.54, 1.807) is 0 Å². The van der Waals surface area contributed by atoms with Gasteiger partial charge in [-0.2, -0.15) is 0 Å². The maximum atomic E-state index is 5.86. The predicted molar refractivity (Wildman–Crippen MR) is 81.9 cm³/mol. The maximum absolute atomic E-state index is 5.86. The molecule has 4 heteroatoms. The van der Waals surface area contributed by atoms with E-state index in [1.807, 2.05) is 12.1 Å². The van der Waals surface area contributed by atoms with Gasteiger partial charge in [0.1, 0.15) is 0 Å². The summed E-state index contributed by atoms with van der Waals surface area (Å²) in [5.74, 6) is 1.80. The molecule has 0 radical (unpaired) electrons. The average Bonchev–Trinajstić information content (AvgIpc) is 2.74. The summed E-state index contributed by atoms with van der Waals surface area (Å²) in [6, 6.07) is 6.15. The molecule has 0 saturated carbocycles. The van der Waals surface area contributed by atoms with Crippen LogP contribution in [0.2, 0.25) is 0 Å². The molecule has 0 atom stereocenters. The SMILES string of the molecule is CC1(CNCc2cccc3c2OCCCO3)CCOCC1. The molecule has 21 heavy (non-hydrogen) atoms. The maximum Gasteiger partial charge on any atom is 0.165 e. The number of hydrogen-bond acceptors (Lipinski definition) is 4. The molecule has 4 nitrogen and oxygen atoms in total. The smallest absolute Gasteiger partial charge is 0.165 e. The molecule has 2 aliphatic heterocycles. The van der Waals surface area contributed by atoms with Crippen molar-refractivity contribution < 1.29 is 14.2 Å². The van der Waals surface area contributed by atoms with Crippen molar-refractivity contribution in [3.05, 3.63) is 23.8 Å². The van der Waals surface area contributed by atoms with E-state index in [2.05, 4.69) is 18.3 Å². The van der Waals surface area contributed by atoms with E-state index in [1.165, 1.54) is 5.56 Å². The fraction of sp³-hybridized carbons (Fsp3) is 0.647. The van der Waals surface area contributed by atoms with Crippen LogP contribution in [0.5, 0.6) is 11.5 Å². The van der Waals surface area contributed by atoms with Crippen LogP contribution in [0.4, 0.5) is 0 Å². The third-order valence-corrected chi connectivity index (χ3v) is 4.42. The zero-order valence-corrected chi connectivity index (χ0v) is 12.8. The standard InChI is InChI=1S/C17H25NO3/c1-17(6-10-19-11-7-17)13-18-12-14-4-2-5-15-16(14)21-9-3-8-20-15/h2,4-5,18H,3,6-13H2,1H3. The van der Waals surface area contributed by atoms with Crippen molar-refractivity contribution in [3.63, 3.8) is 0 Å². The van der Waals surface area contributed by atoms with Crippen LogP contribution in [0.15, 0.2) is 18.2 Å². The van der Waals surface area contributed by atoms with Crippen molar-refractivity contribution in [2.45, 2.75) is 32.7 Å². The third kappa shape index (κ3) is 3.69. The fourth-order valence-corrected chi connectivity index (χ4v) is 2.93. The second kappa shape index (κ2) is 6.67. The molecule has 0 aromatic heterocycles. The molecule has 1 aromatic carbocycles. The molecule has 2 aliphatic rings. The minimum Gasteiger partial charge on any atom is -0.490 e. The van der Waals surface area contributed by atoms with Crippen molar-refractivity contribution in [1.29, 1.82) is 0 Å². The molecule has 0 aliphatic carbocycles. The largest absolute Gasteiger partial charge is 0.490 e. The number of nitrogens with one attached hydrogen (secondary N) is 1. The van der Waals surface area contributed by atoms with Crippen molar-refractivity contribution in [1.82, 2.24) is 5.32 Å². The monoisotopic (exact) mass is 291 g/mol. The van der Waals surface area contributed by atoms with E-state index < -0.39 is 0 Å². The van der Waals surface area contributed by atoms with Gasteiger partial charge in [0, 0.05) is 38.3 Å². The van der Waals surface area contributed by atoms with E-state index in [0.29, 0.717) is 5.41 Å². The van der Waals surface area contributed by atoms with Gasteiger partial charge < -0.3 is 19.5 Å². The Balaban J connectivity index is 1.60. The summed E-state index contributed by atoms with van der Waals surface area (Å²) in [7, 11) is 0. The van der Waals surface area contributed by atoms with E-state index in [4.69, 9.17) is 14.2 Å². The van der Waals surface area contributed by atoms with E-state index >= 15 is 0 Å². The van der Waals surface area contributed by atoms with Crippen LogP contribution in [0.1, 0.15) is 31.7 Å². The van der Waals surface area contributed by atoms with Gasteiger partial charge in [-0.3, -0.25) is 0 Å². The zero-order valence-electron chi connectivity index (χ0n) is 12.8. The van der Waals surface area contributed by atoms with Gasteiger partial charge in [0.05, 0.1) is 13.2 Å². The molecular weight excluding hydrogens is 266 g/mol. The van der Waals surface area contributed by atoms with Crippen molar-refractivity contribution >= 4 is 0 Å². The Morgan fingerprint density at radius 3 is 2.76 bits per heavy atom. The Kier molecular flexibility index (Phi) is 4.66. The minimum atomic E-state index is 0.349.